The monoisotopic (exact) mass is 357 g/mol. The summed E-state index contributed by atoms with van der Waals surface area (Å²) in [4.78, 5) is 46.5. The second kappa shape index (κ2) is 8.52. The zero-order valence-electron chi connectivity index (χ0n) is 13.8. The van der Waals surface area contributed by atoms with Gasteiger partial charge in [0, 0.05) is 11.6 Å². The van der Waals surface area contributed by atoms with Gasteiger partial charge in [-0.2, -0.15) is 0 Å². The third-order valence-corrected chi connectivity index (χ3v) is 3.31. The molecule has 2 rings (SSSR count). The largest absolute Gasteiger partial charge is 0.481 e. The van der Waals surface area contributed by atoms with E-state index < -0.39 is 29.1 Å². The molecule has 26 heavy (non-hydrogen) atoms. The third kappa shape index (κ3) is 4.50. The molecule has 0 bridgehead atoms. The lowest BCUT2D eigenvalue weighted by Crippen LogP contribution is -2.19. The molecule has 0 amide bonds. The molecule has 2 aromatic carbocycles. The average Bonchev–Trinajstić information content (AvgIpc) is 2.65. The van der Waals surface area contributed by atoms with Crippen LogP contribution in [0.1, 0.15) is 27.6 Å². The first kappa shape index (κ1) is 18.8. The molecule has 134 valence electrons. The van der Waals surface area contributed by atoms with Gasteiger partial charge >= 0.3 is 5.97 Å². The van der Waals surface area contributed by atoms with E-state index in [0.29, 0.717) is 0 Å². The van der Waals surface area contributed by atoms with E-state index >= 15 is 0 Å². The summed E-state index contributed by atoms with van der Waals surface area (Å²) in [6.07, 6.45) is 0. The van der Waals surface area contributed by atoms with Crippen molar-refractivity contribution in [3.63, 3.8) is 0 Å². The van der Waals surface area contributed by atoms with Crippen molar-refractivity contribution in [1.82, 2.24) is 0 Å². The van der Waals surface area contributed by atoms with Gasteiger partial charge in [-0.1, -0.05) is 30.3 Å². The van der Waals surface area contributed by atoms with Crippen molar-refractivity contribution in [2.24, 2.45) is 0 Å². The van der Waals surface area contributed by atoms with Crippen molar-refractivity contribution in [3.8, 4) is 5.75 Å². The van der Waals surface area contributed by atoms with E-state index in [0.717, 1.165) is 18.2 Å². The first-order chi connectivity index (χ1) is 12.4. The minimum atomic E-state index is -0.898. The predicted octanol–water partition coefficient (Wildman–Crippen LogP) is 2.60. The van der Waals surface area contributed by atoms with Gasteiger partial charge in [0.25, 0.3) is 5.69 Å². The van der Waals surface area contributed by atoms with E-state index in [4.69, 9.17) is 9.47 Å². The van der Waals surface area contributed by atoms with Crippen molar-refractivity contribution in [2.45, 2.75) is 6.92 Å². The molecule has 0 fully saturated rings. The lowest BCUT2D eigenvalue weighted by molar-refractivity contribution is -0.384. The number of ether oxygens (including phenoxy) is 2. The van der Waals surface area contributed by atoms with Crippen LogP contribution < -0.4 is 4.74 Å². The maximum Gasteiger partial charge on any atom is 0.344 e. The number of non-ortho nitro benzene ring substituents is 1. The second-order valence-electron chi connectivity index (χ2n) is 5.06. The molecule has 8 nitrogen and oxygen atoms in total. The number of rotatable bonds is 8. The Bertz CT molecular complexity index is 846. The van der Waals surface area contributed by atoms with Crippen LogP contribution in [-0.2, 0) is 9.53 Å². The topological polar surface area (TPSA) is 113 Å². The summed E-state index contributed by atoms with van der Waals surface area (Å²) >= 11 is 0. The highest BCUT2D eigenvalue weighted by Crippen LogP contribution is 2.26. The van der Waals surface area contributed by atoms with E-state index in [1.165, 1.54) is 12.1 Å². The van der Waals surface area contributed by atoms with Crippen LogP contribution in [0.15, 0.2) is 48.5 Å². The normalized spacial score (nSPS) is 10.0. The van der Waals surface area contributed by atoms with E-state index in [1.807, 2.05) is 0 Å². The number of esters is 1. The van der Waals surface area contributed by atoms with Crippen molar-refractivity contribution in [3.05, 3.63) is 69.8 Å². The summed E-state index contributed by atoms with van der Waals surface area (Å²) in [5.41, 5.74) is -0.339. The number of ketones is 2. The number of nitrogens with zero attached hydrogens (tertiary/aromatic N) is 1. The fourth-order valence-corrected chi connectivity index (χ4v) is 2.11. The minimum Gasteiger partial charge on any atom is -0.481 e. The standard InChI is InChI=1S/C18H15NO7/c1-2-25-16(20)11-26-15-10-13(19(23)24)8-9-14(15)18(22)17(21)12-6-4-3-5-7-12/h3-10H,2,11H2,1H3. The fourth-order valence-electron chi connectivity index (χ4n) is 2.11. The lowest BCUT2D eigenvalue weighted by Gasteiger charge is -2.10. The molecule has 0 N–H and O–H groups in total. The van der Waals surface area contributed by atoms with Gasteiger partial charge in [-0.25, -0.2) is 4.79 Å². The van der Waals surface area contributed by atoms with Crippen molar-refractivity contribution in [2.75, 3.05) is 13.2 Å². The Balaban J connectivity index is 2.33. The summed E-state index contributed by atoms with van der Waals surface area (Å²) in [6.45, 7) is 1.20. The average molecular weight is 357 g/mol. The first-order valence-corrected chi connectivity index (χ1v) is 7.65. The number of nitro groups is 1. The van der Waals surface area contributed by atoms with Crippen LogP contribution >= 0.6 is 0 Å². The molecule has 0 saturated carbocycles. The number of carbonyl (C=O) groups excluding carboxylic acids is 3. The smallest absolute Gasteiger partial charge is 0.344 e. The van der Waals surface area contributed by atoms with Gasteiger partial charge in [0.15, 0.2) is 6.61 Å². The van der Waals surface area contributed by atoms with Gasteiger partial charge in [0.1, 0.15) is 5.75 Å². The number of Topliss-reactive ketones (excluding diaryl/α,β-unsaturated/α-hetero) is 2. The Morgan fingerprint density at radius 3 is 2.35 bits per heavy atom. The number of carbonyl (C=O) groups is 3. The molecular formula is C18H15NO7. The highest BCUT2D eigenvalue weighted by molar-refractivity contribution is 6.49. The summed E-state index contributed by atoms with van der Waals surface area (Å²) in [7, 11) is 0. The van der Waals surface area contributed by atoms with Crippen LogP contribution in [-0.4, -0.2) is 35.7 Å². The molecule has 2 aromatic rings. The minimum absolute atomic E-state index is 0.134. The quantitative estimate of drug-likeness (QED) is 0.235. The van der Waals surface area contributed by atoms with E-state index in [9.17, 15) is 24.5 Å². The molecule has 0 radical (unpaired) electrons. The van der Waals surface area contributed by atoms with Crippen LogP contribution in [0, 0.1) is 10.1 Å². The predicted molar refractivity (Wildman–Crippen MR) is 90.3 cm³/mol. The van der Waals surface area contributed by atoms with Crippen LogP contribution in [0.5, 0.6) is 5.75 Å². The Labute approximate surface area is 148 Å². The van der Waals surface area contributed by atoms with Gasteiger partial charge < -0.3 is 9.47 Å². The zero-order valence-corrected chi connectivity index (χ0v) is 13.8. The van der Waals surface area contributed by atoms with Gasteiger partial charge in [-0.3, -0.25) is 19.7 Å². The van der Waals surface area contributed by atoms with Crippen LogP contribution in [0.25, 0.3) is 0 Å². The molecule has 8 heteroatoms. The van der Waals surface area contributed by atoms with E-state index in [2.05, 4.69) is 0 Å². The van der Waals surface area contributed by atoms with Gasteiger partial charge in [-0.15, -0.1) is 0 Å². The molecule has 0 atom stereocenters. The van der Waals surface area contributed by atoms with Gasteiger partial charge in [0.05, 0.1) is 23.2 Å². The van der Waals surface area contributed by atoms with Crippen LogP contribution in [0.3, 0.4) is 0 Å². The molecule has 0 aliphatic heterocycles. The third-order valence-electron chi connectivity index (χ3n) is 3.31. The second-order valence-corrected chi connectivity index (χ2v) is 5.06. The lowest BCUT2D eigenvalue weighted by atomic mass is 10.0. The molecule has 0 unspecified atom stereocenters. The Morgan fingerprint density at radius 2 is 1.73 bits per heavy atom. The Morgan fingerprint density at radius 1 is 1.04 bits per heavy atom. The molecule has 0 saturated heterocycles. The Kier molecular flexibility index (Phi) is 6.15. The van der Waals surface area contributed by atoms with Crippen LogP contribution in [0.4, 0.5) is 5.69 Å². The van der Waals surface area contributed by atoms with Crippen molar-refractivity contribution < 1.29 is 28.8 Å². The number of hydrogen-bond donors (Lipinski definition) is 0. The number of hydrogen-bond acceptors (Lipinski definition) is 7. The summed E-state index contributed by atoms with van der Waals surface area (Å²) < 4.78 is 9.91. The highest BCUT2D eigenvalue weighted by atomic mass is 16.6. The fraction of sp³-hybridized carbons (Fsp3) is 0.167. The number of benzene rings is 2. The summed E-state index contributed by atoms with van der Waals surface area (Å²) in [6, 6.07) is 11.1. The highest BCUT2D eigenvalue weighted by Gasteiger charge is 2.24. The van der Waals surface area contributed by atoms with Crippen molar-refractivity contribution in [1.29, 1.82) is 0 Å². The maximum atomic E-state index is 12.5. The number of nitro benzene ring substituents is 1. The summed E-state index contributed by atoms with van der Waals surface area (Å²) in [5.74, 6) is -2.63. The van der Waals surface area contributed by atoms with Gasteiger partial charge in [-0.05, 0) is 13.0 Å². The maximum absolute atomic E-state index is 12.5. The molecular weight excluding hydrogens is 342 g/mol. The SMILES string of the molecule is CCOC(=O)COc1cc([N+](=O)[O-])ccc1C(=O)C(=O)c1ccccc1. The molecule has 0 aliphatic carbocycles. The zero-order chi connectivity index (χ0) is 19.1. The van der Waals surface area contributed by atoms with Crippen molar-refractivity contribution >= 4 is 23.2 Å². The summed E-state index contributed by atoms with van der Waals surface area (Å²) in [5, 5.41) is 10.9. The Hall–Kier alpha value is -3.55. The molecule has 0 aliphatic rings. The van der Waals surface area contributed by atoms with Gasteiger partial charge in [0.2, 0.25) is 11.6 Å². The first-order valence-electron chi connectivity index (χ1n) is 7.65. The molecule has 0 spiro atoms. The molecule has 0 aromatic heterocycles. The molecule has 0 heterocycles. The van der Waals surface area contributed by atoms with E-state index in [1.54, 1.807) is 25.1 Å². The van der Waals surface area contributed by atoms with Crippen LogP contribution in [0.2, 0.25) is 0 Å². The van der Waals surface area contributed by atoms with E-state index in [-0.39, 0.29) is 29.2 Å².